The summed E-state index contributed by atoms with van der Waals surface area (Å²) in [5.41, 5.74) is 0. The Labute approximate surface area is 101 Å². The average molecular weight is 227 g/mol. The quantitative estimate of drug-likeness (QED) is 0.663. The molecule has 1 aliphatic rings. The molecule has 1 aliphatic heterocycles. The molecule has 0 aromatic heterocycles. The van der Waals surface area contributed by atoms with Crippen LogP contribution in [0.1, 0.15) is 33.6 Å². The number of nitrogens with one attached hydrogen (secondary N) is 1. The zero-order chi connectivity index (χ0) is 11.8. The van der Waals surface area contributed by atoms with E-state index in [9.17, 15) is 0 Å². The second-order valence-electron chi connectivity index (χ2n) is 5.03. The van der Waals surface area contributed by atoms with Gasteiger partial charge in [-0.2, -0.15) is 0 Å². The van der Waals surface area contributed by atoms with Crippen molar-refractivity contribution in [3.05, 3.63) is 0 Å². The van der Waals surface area contributed by atoms with Gasteiger partial charge in [0.25, 0.3) is 0 Å². The van der Waals surface area contributed by atoms with Gasteiger partial charge in [0.1, 0.15) is 0 Å². The second-order valence-corrected chi connectivity index (χ2v) is 5.03. The highest BCUT2D eigenvalue weighted by Crippen LogP contribution is 2.06. The van der Waals surface area contributed by atoms with Gasteiger partial charge in [-0.3, -0.25) is 4.90 Å². The van der Waals surface area contributed by atoms with Crippen LogP contribution < -0.4 is 5.32 Å². The molecule has 0 unspecified atom stereocenters. The molecule has 0 spiro atoms. The van der Waals surface area contributed by atoms with Crippen molar-refractivity contribution in [1.82, 2.24) is 15.1 Å². The van der Waals surface area contributed by atoms with Crippen LogP contribution in [-0.4, -0.2) is 61.7 Å². The van der Waals surface area contributed by atoms with Crippen LogP contribution in [0, 0.1) is 0 Å². The summed E-state index contributed by atoms with van der Waals surface area (Å²) in [7, 11) is 0. The molecule has 1 saturated heterocycles. The first kappa shape index (κ1) is 13.9. The summed E-state index contributed by atoms with van der Waals surface area (Å²) in [5, 5.41) is 3.38. The van der Waals surface area contributed by atoms with E-state index in [1.807, 2.05) is 0 Å². The molecule has 0 aromatic rings. The molecule has 96 valence electrons. The molecular weight excluding hydrogens is 198 g/mol. The van der Waals surface area contributed by atoms with Gasteiger partial charge in [0, 0.05) is 32.2 Å². The lowest BCUT2D eigenvalue weighted by Gasteiger charge is -2.36. The molecule has 0 aliphatic carbocycles. The molecule has 3 nitrogen and oxygen atoms in total. The summed E-state index contributed by atoms with van der Waals surface area (Å²) in [6, 6.07) is 0.718. The molecule has 0 radical (unpaired) electrons. The molecule has 1 rings (SSSR count). The molecule has 0 atom stereocenters. The zero-order valence-corrected chi connectivity index (χ0v) is 11.3. The fourth-order valence-corrected chi connectivity index (χ4v) is 2.27. The van der Waals surface area contributed by atoms with Crippen LogP contribution in [0.5, 0.6) is 0 Å². The monoisotopic (exact) mass is 227 g/mol. The smallest absolute Gasteiger partial charge is 0.0113 e. The van der Waals surface area contributed by atoms with E-state index in [1.165, 1.54) is 52.1 Å². The van der Waals surface area contributed by atoms with Crippen molar-refractivity contribution >= 4 is 0 Å². The molecule has 0 saturated carbocycles. The van der Waals surface area contributed by atoms with E-state index < -0.39 is 0 Å². The number of rotatable bonds is 7. The Kier molecular flexibility index (Phi) is 7.01. The third-order valence-corrected chi connectivity index (χ3v) is 3.47. The third-order valence-electron chi connectivity index (χ3n) is 3.47. The third kappa shape index (κ3) is 5.28. The van der Waals surface area contributed by atoms with Crippen molar-refractivity contribution in [3.8, 4) is 0 Å². The van der Waals surface area contributed by atoms with E-state index in [1.54, 1.807) is 0 Å². The van der Waals surface area contributed by atoms with Gasteiger partial charge in [-0.15, -0.1) is 0 Å². The van der Waals surface area contributed by atoms with Crippen molar-refractivity contribution < 1.29 is 0 Å². The minimum atomic E-state index is 0.718. The fraction of sp³-hybridized carbons (Fsp3) is 1.00. The van der Waals surface area contributed by atoms with E-state index >= 15 is 0 Å². The van der Waals surface area contributed by atoms with Gasteiger partial charge in [-0.25, -0.2) is 0 Å². The highest BCUT2D eigenvalue weighted by molar-refractivity contribution is 4.74. The van der Waals surface area contributed by atoms with E-state index in [0.29, 0.717) is 0 Å². The first-order chi connectivity index (χ1) is 7.74. The van der Waals surface area contributed by atoms with Gasteiger partial charge in [-0.1, -0.05) is 6.92 Å². The Balaban J connectivity index is 1.99. The van der Waals surface area contributed by atoms with Crippen LogP contribution in [0.2, 0.25) is 0 Å². The van der Waals surface area contributed by atoms with Crippen LogP contribution in [0.3, 0.4) is 0 Å². The first-order valence-corrected chi connectivity index (χ1v) is 6.91. The van der Waals surface area contributed by atoms with Gasteiger partial charge < -0.3 is 10.2 Å². The SMILES string of the molecule is CCNCCCCN1CCN(C(C)C)CC1. The van der Waals surface area contributed by atoms with Crippen LogP contribution in [0.25, 0.3) is 0 Å². The maximum absolute atomic E-state index is 3.38. The van der Waals surface area contributed by atoms with E-state index in [2.05, 4.69) is 35.9 Å². The zero-order valence-electron chi connectivity index (χ0n) is 11.3. The Bertz CT molecular complexity index is 163. The van der Waals surface area contributed by atoms with E-state index in [-0.39, 0.29) is 0 Å². The Morgan fingerprint density at radius 1 is 1.06 bits per heavy atom. The summed E-state index contributed by atoms with van der Waals surface area (Å²) in [4.78, 5) is 5.19. The van der Waals surface area contributed by atoms with E-state index in [4.69, 9.17) is 0 Å². The first-order valence-electron chi connectivity index (χ1n) is 6.91. The minimum Gasteiger partial charge on any atom is -0.317 e. The Morgan fingerprint density at radius 2 is 1.75 bits per heavy atom. The highest BCUT2D eigenvalue weighted by atomic mass is 15.3. The number of hydrogen-bond acceptors (Lipinski definition) is 3. The maximum Gasteiger partial charge on any atom is 0.0113 e. The van der Waals surface area contributed by atoms with E-state index in [0.717, 1.165) is 12.6 Å². The lowest BCUT2D eigenvalue weighted by Crippen LogP contribution is -2.48. The molecule has 0 amide bonds. The highest BCUT2D eigenvalue weighted by Gasteiger charge is 2.17. The predicted molar refractivity (Wildman–Crippen MR) is 70.9 cm³/mol. The van der Waals surface area contributed by atoms with Crippen LogP contribution in [0.15, 0.2) is 0 Å². The number of nitrogens with zero attached hydrogens (tertiary/aromatic N) is 2. The number of unbranched alkanes of at least 4 members (excludes halogenated alkanes) is 1. The van der Waals surface area contributed by atoms with Crippen molar-refractivity contribution in [3.63, 3.8) is 0 Å². The predicted octanol–water partition coefficient (Wildman–Crippen LogP) is 1.40. The largest absolute Gasteiger partial charge is 0.317 e. The molecule has 0 bridgehead atoms. The number of hydrogen-bond donors (Lipinski definition) is 1. The Morgan fingerprint density at radius 3 is 2.31 bits per heavy atom. The lowest BCUT2D eigenvalue weighted by molar-refractivity contribution is 0.107. The molecule has 0 aromatic carbocycles. The summed E-state index contributed by atoms with van der Waals surface area (Å²) in [6.07, 6.45) is 2.66. The van der Waals surface area contributed by atoms with Gasteiger partial charge >= 0.3 is 0 Å². The fourth-order valence-electron chi connectivity index (χ4n) is 2.27. The normalized spacial score (nSPS) is 19.5. The summed E-state index contributed by atoms with van der Waals surface area (Å²) in [6.45, 7) is 15.4. The number of piperazine rings is 1. The maximum atomic E-state index is 3.38. The molecule has 1 heterocycles. The van der Waals surface area contributed by atoms with Crippen molar-refractivity contribution in [2.24, 2.45) is 0 Å². The summed E-state index contributed by atoms with van der Waals surface area (Å²) >= 11 is 0. The van der Waals surface area contributed by atoms with Crippen molar-refractivity contribution in [2.45, 2.75) is 39.7 Å². The van der Waals surface area contributed by atoms with Gasteiger partial charge in [0.2, 0.25) is 0 Å². The second kappa shape index (κ2) is 8.04. The van der Waals surface area contributed by atoms with Gasteiger partial charge in [0.05, 0.1) is 0 Å². The van der Waals surface area contributed by atoms with Crippen molar-refractivity contribution in [1.29, 1.82) is 0 Å². The molecular formula is C13H29N3. The van der Waals surface area contributed by atoms with Gasteiger partial charge in [0.15, 0.2) is 0 Å². The summed E-state index contributed by atoms with van der Waals surface area (Å²) < 4.78 is 0. The lowest BCUT2D eigenvalue weighted by atomic mass is 10.2. The van der Waals surface area contributed by atoms with Crippen LogP contribution >= 0.6 is 0 Å². The Hall–Kier alpha value is -0.120. The standard InChI is InChI=1S/C13H29N3/c1-4-14-7-5-6-8-15-9-11-16(12-10-15)13(2)3/h13-14H,4-12H2,1-3H3. The minimum absolute atomic E-state index is 0.718. The topological polar surface area (TPSA) is 18.5 Å². The molecule has 3 heteroatoms. The van der Waals surface area contributed by atoms with Gasteiger partial charge in [-0.05, 0) is 46.3 Å². The van der Waals surface area contributed by atoms with Crippen molar-refractivity contribution in [2.75, 3.05) is 45.8 Å². The average Bonchev–Trinajstić information content (AvgIpc) is 2.29. The molecule has 16 heavy (non-hydrogen) atoms. The van der Waals surface area contributed by atoms with Crippen LogP contribution in [0.4, 0.5) is 0 Å². The van der Waals surface area contributed by atoms with Crippen LogP contribution in [-0.2, 0) is 0 Å². The molecule has 1 fully saturated rings. The summed E-state index contributed by atoms with van der Waals surface area (Å²) in [5.74, 6) is 0. The molecule has 1 N–H and O–H groups in total.